The molecular weight excluding hydrogens is 307 g/mol. The summed E-state index contributed by atoms with van der Waals surface area (Å²) in [7, 11) is 1.96. The Kier molecular flexibility index (Phi) is 2.98. The molecule has 0 unspecified atom stereocenters. The van der Waals surface area contributed by atoms with Crippen molar-refractivity contribution in [3.63, 3.8) is 0 Å². The summed E-state index contributed by atoms with van der Waals surface area (Å²) in [6.45, 7) is 0. The van der Waals surface area contributed by atoms with Gasteiger partial charge in [0.05, 0.1) is 15.7 Å². The lowest BCUT2D eigenvalue weighted by Gasteiger charge is -2.12. The van der Waals surface area contributed by atoms with Gasteiger partial charge in [0.15, 0.2) is 0 Å². The van der Waals surface area contributed by atoms with Crippen molar-refractivity contribution in [3.05, 3.63) is 49.9 Å². The first kappa shape index (κ1) is 13.5. The fourth-order valence-corrected chi connectivity index (χ4v) is 3.54. The summed E-state index contributed by atoms with van der Waals surface area (Å²) in [5, 5.41) is 0.912. The Morgan fingerprint density at radius 1 is 1.10 bits per heavy atom. The van der Waals surface area contributed by atoms with Crippen LogP contribution in [0.1, 0.15) is 48.8 Å². The normalized spacial score (nSPS) is 18.2. The molecule has 0 saturated heterocycles. The molecule has 0 atom stereocenters. The third-order valence-electron chi connectivity index (χ3n) is 4.46. The van der Waals surface area contributed by atoms with Crippen LogP contribution >= 0.6 is 23.2 Å². The highest BCUT2D eigenvalue weighted by molar-refractivity contribution is 6.43. The third kappa shape index (κ3) is 2.06. The first-order valence-electron chi connectivity index (χ1n) is 7.35. The molecule has 0 aliphatic heterocycles. The molecule has 5 heteroatoms. The smallest absolute Gasteiger partial charge is 0.275 e. The molecule has 0 spiro atoms. The van der Waals surface area contributed by atoms with Gasteiger partial charge < -0.3 is 0 Å². The van der Waals surface area contributed by atoms with Gasteiger partial charge in [-0.2, -0.15) is 0 Å². The van der Waals surface area contributed by atoms with Crippen LogP contribution in [0.3, 0.4) is 0 Å². The Balaban J connectivity index is 1.99. The lowest BCUT2D eigenvalue weighted by Crippen LogP contribution is -2.21. The van der Waals surface area contributed by atoms with Crippen molar-refractivity contribution >= 4 is 23.2 Å². The van der Waals surface area contributed by atoms with Crippen molar-refractivity contribution in [2.24, 2.45) is 7.05 Å². The van der Waals surface area contributed by atoms with Crippen LogP contribution < -0.4 is 5.56 Å². The van der Waals surface area contributed by atoms with E-state index in [4.69, 9.17) is 23.2 Å². The zero-order chi connectivity index (χ0) is 14.7. The lowest BCUT2D eigenvalue weighted by atomic mass is 10.1. The molecule has 1 aromatic heterocycles. The van der Waals surface area contributed by atoms with E-state index < -0.39 is 0 Å². The van der Waals surface area contributed by atoms with E-state index in [2.05, 4.69) is 0 Å². The maximum absolute atomic E-state index is 12.9. The quantitative estimate of drug-likeness (QED) is 0.830. The zero-order valence-electron chi connectivity index (χ0n) is 11.8. The number of hydrogen-bond donors (Lipinski definition) is 0. The van der Waals surface area contributed by atoms with Gasteiger partial charge in [0, 0.05) is 24.2 Å². The summed E-state index contributed by atoms with van der Waals surface area (Å²) in [5.74, 6) is 0.982. The van der Waals surface area contributed by atoms with Crippen LogP contribution in [-0.2, 0) is 7.05 Å². The molecule has 2 aliphatic carbocycles. The monoisotopic (exact) mass is 322 g/mol. The molecule has 0 bridgehead atoms. The molecule has 0 radical (unpaired) electrons. The van der Waals surface area contributed by atoms with Crippen molar-refractivity contribution in [2.75, 3.05) is 0 Å². The van der Waals surface area contributed by atoms with Crippen LogP contribution in [-0.4, -0.2) is 9.36 Å². The summed E-state index contributed by atoms with van der Waals surface area (Å²) < 4.78 is 3.68. The van der Waals surface area contributed by atoms with Gasteiger partial charge in [-0.1, -0.05) is 29.3 Å². The Morgan fingerprint density at radius 2 is 1.76 bits per heavy atom. The second-order valence-electron chi connectivity index (χ2n) is 6.06. The highest BCUT2D eigenvalue weighted by Crippen LogP contribution is 2.48. The Labute approximate surface area is 133 Å². The average Bonchev–Trinajstić information content (AvgIpc) is 3.34. The minimum absolute atomic E-state index is 0.0751. The van der Waals surface area contributed by atoms with Crippen LogP contribution in [0.5, 0.6) is 0 Å². The number of nitrogens with zero attached hydrogens (tertiary/aromatic N) is 2. The molecule has 1 heterocycles. The molecule has 2 aromatic rings. The van der Waals surface area contributed by atoms with Gasteiger partial charge in [0.25, 0.3) is 5.56 Å². The van der Waals surface area contributed by atoms with E-state index in [1.165, 1.54) is 18.5 Å². The number of benzene rings is 1. The standard InChI is InChI=1S/C16H16Cl2N2O/c1-19-15(10-7-8-10)13(9-5-6-9)16(21)20(19)12-4-2-3-11(17)14(12)18/h2-4,9-10H,5-8H2,1H3. The fourth-order valence-electron chi connectivity index (χ4n) is 3.17. The molecule has 21 heavy (non-hydrogen) atoms. The fraction of sp³-hybridized carbons (Fsp3) is 0.438. The Morgan fingerprint density at radius 3 is 2.38 bits per heavy atom. The van der Waals surface area contributed by atoms with Crippen LogP contribution in [0, 0.1) is 0 Å². The second kappa shape index (κ2) is 4.65. The van der Waals surface area contributed by atoms with Crippen LogP contribution in [0.2, 0.25) is 10.0 Å². The predicted octanol–water partition coefficient (Wildman–Crippen LogP) is 4.24. The van der Waals surface area contributed by atoms with Crippen molar-refractivity contribution in [1.82, 2.24) is 9.36 Å². The van der Waals surface area contributed by atoms with E-state index in [0.29, 0.717) is 27.6 Å². The van der Waals surface area contributed by atoms with Crippen LogP contribution in [0.4, 0.5) is 0 Å². The largest absolute Gasteiger partial charge is 0.284 e. The number of halogens is 2. The van der Waals surface area contributed by atoms with E-state index in [0.717, 1.165) is 18.4 Å². The number of rotatable bonds is 3. The zero-order valence-corrected chi connectivity index (χ0v) is 13.3. The molecule has 2 saturated carbocycles. The van der Waals surface area contributed by atoms with Crippen molar-refractivity contribution in [3.8, 4) is 5.69 Å². The summed E-state index contributed by atoms with van der Waals surface area (Å²) in [6.07, 6.45) is 4.62. The summed E-state index contributed by atoms with van der Waals surface area (Å²) in [5.41, 5.74) is 2.96. The summed E-state index contributed by atoms with van der Waals surface area (Å²) in [4.78, 5) is 12.9. The molecule has 1 aromatic carbocycles. The van der Waals surface area contributed by atoms with Crippen molar-refractivity contribution < 1.29 is 0 Å². The van der Waals surface area contributed by atoms with E-state index in [9.17, 15) is 4.79 Å². The molecule has 2 aliphatic rings. The van der Waals surface area contributed by atoms with Crippen molar-refractivity contribution in [2.45, 2.75) is 37.5 Å². The Bertz CT molecular complexity index is 782. The van der Waals surface area contributed by atoms with Gasteiger partial charge >= 0.3 is 0 Å². The topological polar surface area (TPSA) is 26.9 Å². The van der Waals surface area contributed by atoms with E-state index in [1.54, 1.807) is 10.7 Å². The average molecular weight is 323 g/mol. The lowest BCUT2D eigenvalue weighted by molar-refractivity contribution is 0.616. The molecule has 3 nitrogen and oxygen atoms in total. The first-order valence-corrected chi connectivity index (χ1v) is 8.11. The van der Waals surface area contributed by atoms with Gasteiger partial charge in [0.2, 0.25) is 0 Å². The SMILES string of the molecule is Cn1c(C2CC2)c(C2CC2)c(=O)n1-c1cccc(Cl)c1Cl. The van der Waals surface area contributed by atoms with Gasteiger partial charge in [-0.25, -0.2) is 4.68 Å². The van der Waals surface area contributed by atoms with Gasteiger partial charge in [-0.05, 0) is 43.7 Å². The molecular formula is C16H16Cl2N2O. The minimum Gasteiger partial charge on any atom is -0.284 e. The van der Waals surface area contributed by atoms with E-state index in [-0.39, 0.29) is 5.56 Å². The van der Waals surface area contributed by atoms with Crippen LogP contribution in [0.15, 0.2) is 23.0 Å². The highest BCUT2D eigenvalue weighted by atomic mass is 35.5. The first-order chi connectivity index (χ1) is 10.1. The number of hydrogen-bond acceptors (Lipinski definition) is 1. The Hall–Kier alpha value is -1.19. The molecule has 110 valence electrons. The molecule has 4 rings (SSSR count). The molecule has 0 amide bonds. The molecule has 0 N–H and O–H groups in total. The van der Waals surface area contributed by atoms with E-state index >= 15 is 0 Å². The van der Waals surface area contributed by atoms with Gasteiger partial charge in [-0.3, -0.25) is 9.48 Å². The summed E-state index contributed by atoms with van der Waals surface area (Å²) in [6, 6.07) is 5.42. The number of aromatic nitrogens is 2. The van der Waals surface area contributed by atoms with Crippen molar-refractivity contribution in [1.29, 1.82) is 0 Å². The van der Waals surface area contributed by atoms with Crippen LogP contribution in [0.25, 0.3) is 5.69 Å². The maximum Gasteiger partial charge on any atom is 0.275 e. The third-order valence-corrected chi connectivity index (χ3v) is 5.27. The molecule has 2 fully saturated rings. The van der Waals surface area contributed by atoms with E-state index in [1.807, 2.05) is 23.9 Å². The van der Waals surface area contributed by atoms with Gasteiger partial charge in [-0.15, -0.1) is 0 Å². The minimum atomic E-state index is 0.0751. The summed E-state index contributed by atoms with van der Waals surface area (Å²) >= 11 is 12.4. The maximum atomic E-state index is 12.9. The second-order valence-corrected chi connectivity index (χ2v) is 6.85. The predicted molar refractivity (Wildman–Crippen MR) is 85.0 cm³/mol. The highest BCUT2D eigenvalue weighted by Gasteiger charge is 2.39. The van der Waals surface area contributed by atoms with Gasteiger partial charge in [0.1, 0.15) is 0 Å².